The monoisotopic (exact) mass is 1420 g/mol. The molecule has 7 rings (SSSR count). The van der Waals surface area contributed by atoms with Crippen LogP contribution in [0.1, 0.15) is 101 Å². The second-order valence-corrected chi connectivity index (χ2v) is 26.0. The van der Waals surface area contributed by atoms with Gasteiger partial charge in [0.25, 0.3) is 0 Å². The number of rotatable bonds is 39. The van der Waals surface area contributed by atoms with Crippen LogP contribution in [0, 0.1) is 11.3 Å². The molecule has 0 bridgehead atoms. The van der Waals surface area contributed by atoms with Gasteiger partial charge in [-0.05, 0) is 104 Å². The van der Waals surface area contributed by atoms with E-state index in [1.54, 1.807) is 93.0 Å². The van der Waals surface area contributed by atoms with Crippen molar-refractivity contribution in [3.8, 4) is 5.75 Å². The molecule has 11 atom stereocenters. The third-order valence-corrected chi connectivity index (χ3v) is 17.5. The van der Waals surface area contributed by atoms with Gasteiger partial charge in [0.05, 0.1) is 12.1 Å². The van der Waals surface area contributed by atoms with Crippen LogP contribution in [0.3, 0.4) is 0 Å². The highest BCUT2D eigenvalue weighted by molar-refractivity contribution is 6.00. The van der Waals surface area contributed by atoms with Crippen molar-refractivity contribution >= 4 is 98.8 Å². The van der Waals surface area contributed by atoms with Crippen LogP contribution in [0.25, 0.3) is 21.8 Å². The highest BCUT2D eigenvalue weighted by atomic mass is 16.4. The molecule has 22 N–H and O–H groups in total. The van der Waals surface area contributed by atoms with Gasteiger partial charge in [-0.3, -0.25) is 58.1 Å². The first-order chi connectivity index (χ1) is 49.0. The summed E-state index contributed by atoms with van der Waals surface area (Å²) in [4.78, 5) is 175. The number of para-hydroxylation sites is 2. The Labute approximate surface area is 593 Å². The second kappa shape index (κ2) is 37.9. The number of guanidine groups is 1. The van der Waals surface area contributed by atoms with E-state index in [9.17, 15) is 73.2 Å². The molecule has 3 heterocycles. The summed E-state index contributed by atoms with van der Waals surface area (Å²) in [5.74, 6) is -12.6. The number of phenols is 1. The molecule has 1 aliphatic heterocycles. The minimum Gasteiger partial charge on any atom is -0.508 e. The summed E-state index contributed by atoms with van der Waals surface area (Å²) >= 11 is 0. The molecule has 1 fully saturated rings. The summed E-state index contributed by atoms with van der Waals surface area (Å²) in [7, 11) is 0. The zero-order valence-corrected chi connectivity index (χ0v) is 57.4. The van der Waals surface area contributed by atoms with Gasteiger partial charge in [0.2, 0.25) is 59.1 Å². The van der Waals surface area contributed by atoms with Gasteiger partial charge in [0.15, 0.2) is 5.96 Å². The Balaban J connectivity index is 1.10. The predicted molar refractivity (Wildman–Crippen MR) is 377 cm³/mol. The molecular weight excluding hydrogens is 1330 g/mol. The number of aliphatic carboxylic acids is 2. The molecule has 2 aromatic heterocycles. The molecule has 0 unspecified atom stereocenters. The van der Waals surface area contributed by atoms with Crippen molar-refractivity contribution in [2.75, 3.05) is 13.1 Å². The summed E-state index contributed by atoms with van der Waals surface area (Å²) in [5.41, 5.74) is 20.5. The summed E-state index contributed by atoms with van der Waals surface area (Å²) < 4.78 is 0. The molecule has 32 nitrogen and oxygen atoms in total. The topological polar surface area (TPSA) is 531 Å². The van der Waals surface area contributed by atoms with E-state index in [-0.39, 0.29) is 94.9 Å². The number of nitrogens with one attached hydrogen (secondary N) is 12. The number of nitrogens with zero attached hydrogens (tertiary/aromatic N) is 1. The SMILES string of the molecule is CC(C)C[C@H](NC(=O)[C@H](Cc1c[nH]c2ccccc12)NC(=O)[C@@H](NC(=O)[C@H](CCC(=O)O)NC(=O)[C@@H]1CCCN1C(=O)[C@H](Cc1ccccc1)NC(=O)[C@H](Cc1ccc(O)cc1)NC(=O)[C@H](CCC(N)=O)NC(=O)[C@@H](N)CCCNC(=N)N)[C@@H](C)O)C(=O)N[C@@H](Cc1c[nH]c2ccccc12)C(=O)O. The second-order valence-electron chi connectivity index (χ2n) is 26.0. The number of carboxylic acids is 2. The Bertz CT molecular complexity index is 3990. The van der Waals surface area contributed by atoms with E-state index in [4.69, 9.17) is 22.6 Å². The van der Waals surface area contributed by atoms with Crippen LogP contribution < -0.4 is 65.1 Å². The maximum absolute atomic E-state index is 15.1. The lowest BCUT2D eigenvalue weighted by Gasteiger charge is -2.31. The van der Waals surface area contributed by atoms with Gasteiger partial charge in [-0.15, -0.1) is 0 Å². The number of carboxylic acid groups (broad SMARTS) is 2. The van der Waals surface area contributed by atoms with Crippen molar-refractivity contribution < 1.29 is 78.0 Å². The number of hydrogen-bond acceptors (Lipinski definition) is 16. The molecule has 1 saturated heterocycles. The number of benzene rings is 4. The minimum absolute atomic E-state index is 0.00280. The Hall–Kier alpha value is -11.4. The summed E-state index contributed by atoms with van der Waals surface area (Å²) in [5, 5.41) is 73.7. The number of aliphatic hydroxyl groups excluding tert-OH is 1. The summed E-state index contributed by atoms with van der Waals surface area (Å²) in [6, 6.07) is 13.3. The molecular formula is C71H92N16O16. The van der Waals surface area contributed by atoms with Gasteiger partial charge < -0.3 is 100 Å². The summed E-state index contributed by atoms with van der Waals surface area (Å²) in [6.45, 7) is 4.86. The van der Waals surface area contributed by atoms with Crippen LogP contribution in [-0.4, -0.2) is 192 Å². The van der Waals surface area contributed by atoms with Crippen LogP contribution in [0.15, 0.2) is 116 Å². The molecule has 10 amide bonds. The van der Waals surface area contributed by atoms with Gasteiger partial charge in [0, 0.05) is 85.8 Å². The quantitative estimate of drug-likeness (QED) is 0.0134. The minimum atomic E-state index is -1.91. The first-order valence-corrected chi connectivity index (χ1v) is 33.9. The number of aromatic nitrogens is 2. The van der Waals surface area contributed by atoms with Gasteiger partial charge in [0.1, 0.15) is 60.1 Å². The molecule has 0 radical (unpaired) electrons. The maximum atomic E-state index is 15.1. The third kappa shape index (κ3) is 23.6. The Morgan fingerprint density at radius 2 is 1.04 bits per heavy atom. The maximum Gasteiger partial charge on any atom is 0.326 e. The Morgan fingerprint density at radius 3 is 1.62 bits per heavy atom. The lowest BCUT2D eigenvalue weighted by Crippen LogP contribution is -2.62. The van der Waals surface area contributed by atoms with Gasteiger partial charge in [-0.2, -0.15) is 0 Å². The van der Waals surface area contributed by atoms with E-state index in [1.807, 2.05) is 12.1 Å². The number of carbonyl (C=O) groups excluding carboxylic acids is 10. The Kier molecular flexibility index (Phi) is 29.0. The van der Waals surface area contributed by atoms with Gasteiger partial charge in [-0.1, -0.05) is 92.7 Å². The number of fused-ring (bicyclic) bond motifs is 2. The van der Waals surface area contributed by atoms with Crippen LogP contribution in [-0.2, 0) is 83.2 Å². The number of phenolic OH excluding ortho intramolecular Hbond substituents is 1. The van der Waals surface area contributed by atoms with Crippen LogP contribution in [0.4, 0.5) is 0 Å². The van der Waals surface area contributed by atoms with E-state index < -0.39 is 150 Å². The summed E-state index contributed by atoms with van der Waals surface area (Å²) in [6.07, 6.45) is -0.674. The highest BCUT2D eigenvalue weighted by Gasteiger charge is 2.42. The number of amides is 10. The number of aromatic amines is 2. The number of hydrogen-bond donors (Lipinski definition) is 19. The lowest BCUT2D eigenvalue weighted by atomic mass is 9.99. The fourth-order valence-corrected chi connectivity index (χ4v) is 12.1. The van der Waals surface area contributed by atoms with Crippen molar-refractivity contribution in [1.29, 1.82) is 5.41 Å². The molecule has 552 valence electrons. The highest BCUT2D eigenvalue weighted by Crippen LogP contribution is 2.24. The molecule has 103 heavy (non-hydrogen) atoms. The standard InChI is InChI=1S/C71H92N16O16/c1-38(2)31-52(64(96)85-56(70(102)103)35-43-37-78-49-19-10-8-16-46(43)49)81-66(98)54(34-42-36-77-48-18-9-7-15-45(42)48)83-68(100)60(39(3)88)86-63(95)51(26-28-59(91)92)80-67(99)57-20-12-30-87(57)69(101)55(33-40-13-5-4-6-14-40)84-65(97)53(32-41-21-23-44(89)24-22-41)82-62(94)50(25-27-58(73)90)79-61(93)47(72)17-11-29-76-71(74)75/h4-10,13-16,18-19,21-24,36-39,47,50-57,60,77-78,88-89H,11-12,17,20,25-35,72H2,1-3H3,(H2,73,90)(H,79,93)(H,80,99)(H,81,98)(H,82,94)(H,83,100)(H,84,97)(H,85,96)(H,86,95)(H,91,92)(H,102,103)(H4,74,75,76)/t39-,47+,50+,51+,52+,53+,54+,55+,56+,57+,60+/m1/s1. The van der Waals surface area contributed by atoms with E-state index in [1.165, 1.54) is 29.2 Å². The number of likely N-dealkylation sites (tertiary alicyclic amines) is 1. The number of aromatic hydroxyl groups is 1. The van der Waals surface area contributed by atoms with Crippen molar-refractivity contribution in [3.05, 3.63) is 138 Å². The molecule has 0 saturated carbocycles. The Morgan fingerprint density at radius 1 is 0.553 bits per heavy atom. The normalized spacial score (nSPS) is 15.7. The molecule has 0 aliphatic carbocycles. The van der Waals surface area contributed by atoms with Crippen LogP contribution >= 0.6 is 0 Å². The number of carbonyl (C=O) groups is 12. The van der Waals surface area contributed by atoms with E-state index in [0.717, 1.165) is 17.8 Å². The van der Waals surface area contributed by atoms with E-state index in [2.05, 4.69) is 57.8 Å². The van der Waals surface area contributed by atoms with Crippen molar-refractivity contribution in [2.45, 2.75) is 171 Å². The number of primary amides is 1. The van der Waals surface area contributed by atoms with Gasteiger partial charge >= 0.3 is 11.9 Å². The number of H-pyrrole nitrogens is 2. The number of nitrogens with two attached hydrogens (primary N) is 3. The number of aliphatic hydroxyl groups is 1. The molecule has 0 spiro atoms. The zero-order chi connectivity index (χ0) is 75.0. The fourth-order valence-electron chi connectivity index (χ4n) is 12.1. The average Bonchev–Trinajstić information content (AvgIpc) is 1.79. The first-order valence-electron chi connectivity index (χ1n) is 33.9. The average molecular weight is 1430 g/mol. The van der Waals surface area contributed by atoms with E-state index in [0.29, 0.717) is 39.6 Å². The van der Waals surface area contributed by atoms with Crippen molar-refractivity contribution in [3.63, 3.8) is 0 Å². The largest absolute Gasteiger partial charge is 0.508 e. The zero-order valence-electron chi connectivity index (χ0n) is 57.4. The fraction of sp³-hybridized carbons (Fsp3) is 0.423. The molecule has 6 aromatic rings. The van der Waals surface area contributed by atoms with E-state index >= 15 is 4.79 Å². The smallest absolute Gasteiger partial charge is 0.326 e. The van der Waals surface area contributed by atoms with Crippen molar-refractivity contribution in [1.82, 2.24) is 62.7 Å². The predicted octanol–water partition coefficient (Wildman–Crippen LogP) is -0.273. The molecule has 4 aromatic carbocycles. The van der Waals surface area contributed by atoms with Crippen LogP contribution in [0.5, 0.6) is 5.75 Å². The van der Waals surface area contributed by atoms with Crippen LogP contribution in [0.2, 0.25) is 0 Å². The first kappa shape index (κ1) is 78.9. The van der Waals surface area contributed by atoms with Gasteiger partial charge in [-0.25, -0.2) is 4.79 Å². The lowest BCUT2D eigenvalue weighted by molar-refractivity contribution is -0.143. The van der Waals surface area contributed by atoms with Crippen molar-refractivity contribution in [2.24, 2.45) is 23.1 Å². The molecule has 1 aliphatic rings. The molecule has 32 heteroatoms. The third-order valence-electron chi connectivity index (χ3n) is 17.5.